The molecule has 1 atom stereocenters. The fourth-order valence-electron chi connectivity index (χ4n) is 1.81. The molecular weight excluding hydrogens is 358 g/mol. The summed E-state index contributed by atoms with van der Waals surface area (Å²) in [5.74, 6) is 0. The van der Waals surface area contributed by atoms with Gasteiger partial charge in [0.05, 0.1) is 22.9 Å². The summed E-state index contributed by atoms with van der Waals surface area (Å²) in [6.45, 7) is -50.9. The first-order chi connectivity index (χ1) is 28.9. The molecule has 1 unspecified atom stereocenters. The molecule has 2 N–H and O–H groups in total. The standard InChI is InChI=1S/C21H41N3O4/c1-18(2)9-15(10-19(3,4)23(18)26)22-13-16(25)14-28-17-11-20(5,6)24(27)21(7,8)12-17/h15-17,22,25H,9-14H2,1-8H3/i1D3,2D3,3D3,4D3,5D3,6D3,7D3,8D3,9D2,10D2,11D2,12D2,13D2,14D2,15D,17D,25D/hD. The number of hydrogen-bond donors (Lipinski definition) is 2. The Bertz CT molecular complexity index is 1720. The molecule has 7 nitrogen and oxygen atoms in total. The van der Waals surface area contributed by atoms with Gasteiger partial charge in [0.25, 0.3) is 0 Å². The first kappa shape index (κ1) is 4.19. The summed E-state index contributed by atoms with van der Waals surface area (Å²) in [4.78, 5) is 0. The topological polar surface area (TPSA) is 87.8 Å². The second-order valence-corrected chi connectivity index (χ2v) is 5.45. The molecule has 0 aromatic rings. The van der Waals surface area contributed by atoms with Crippen LogP contribution in [0.5, 0.6) is 0 Å². The van der Waals surface area contributed by atoms with Crippen LogP contribution in [0.3, 0.4) is 0 Å². The van der Waals surface area contributed by atoms with Crippen molar-refractivity contribution < 1.29 is 73.8 Å². The normalized spacial score (nSPS) is 65.0. The first-order valence-corrected chi connectivity index (χ1v) is 6.93. The van der Waals surface area contributed by atoms with Crippen LogP contribution in [0.1, 0.15) is 132 Å². The van der Waals surface area contributed by atoms with E-state index < -0.39 is 149 Å². The van der Waals surface area contributed by atoms with Gasteiger partial charge in [0.15, 0.2) is 0 Å². The Morgan fingerprint density at radius 3 is 2.00 bits per heavy atom. The van der Waals surface area contributed by atoms with Crippen LogP contribution in [-0.2, 0) is 15.2 Å². The number of ether oxygens (including phenoxy) is 1. The van der Waals surface area contributed by atoms with Crippen molar-refractivity contribution in [2.45, 2.75) is 121 Å². The van der Waals surface area contributed by atoms with Gasteiger partial charge in [0, 0.05) is 82.6 Å². The Labute approximate surface area is 227 Å². The molecule has 0 amide bonds. The molecule has 28 heavy (non-hydrogen) atoms. The molecule has 2 saturated heterocycles. The van der Waals surface area contributed by atoms with Gasteiger partial charge in [-0.3, -0.25) is 0 Å². The van der Waals surface area contributed by atoms with Crippen LogP contribution >= 0.6 is 0 Å². The van der Waals surface area contributed by atoms with Crippen molar-refractivity contribution in [1.82, 2.24) is 15.4 Å². The lowest BCUT2D eigenvalue weighted by Crippen LogP contribution is -2.62. The number of nitrogens with one attached hydrogen (secondary N) is 1. The van der Waals surface area contributed by atoms with Crippen LogP contribution in [0.2, 0.25) is 1.41 Å². The minimum absolute atomic E-state index is 1.82. The minimum Gasteiger partial charge on any atom is -0.389 e. The second-order valence-electron chi connectivity index (χ2n) is 5.45. The predicted molar refractivity (Wildman–Crippen MR) is 107 cm³/mol. The van der Waals surface area contributed by atoms with E-state index in [1.54, 1.807) is 0 Å². The summed E-state index contributed by atoms with van der Waals surface area (Å²) in [7, 11) is 0. The SMILES string of the molecule is [2H]OC(C([2H])([2H])OC1([2H])C([2H])([2H])C(C([2H])([2H])[2H])(C([2H])([2H])[2H])N([O])C(C([2H])([2H])[2H])(C([2H])([2H])[2H])C1([2H])[2H])C([2H])([2H])N([2H])C1([2H])C([2H])([2H])C(C([2H])([2H])[2H])(C([2H])([2H])[2H])N([O])C(C([2H])([2H])[2H])(C([2H])([2H])[2H])C1([2H])[2H]. The van der Waals surface area contributed by atoms with E-state index in [1.165, 1.54) is 0 Å². The summed E-state index contributed by atoms with van der Waals surface area (Å²) >= 11 is 0. The molecule has 0 bridgehead atoms. The average molecular weight is 440 g/mol. The molecule has 7 heteroatoms. The van der Waals surface area contributed by atoms with Gasteiger partial charge in [-0.05, 0) is 80.3 Å². The zero-order chi connectivity index (χ0) is 55.7. The molecule has 2 aliphatic rings. The maximum absolute atomic E-state index is 14.4. The largest absolute Gasteiger partial charge is 0.389 e. The molecule has 2 aliphatic heterocycles. The van der Waals surface area contributed by atoms with Crippen molar-refractivity contribution in [3.63, 3.8) is 0 Å². The molecular formula is C21H41N3O4. The molecule has 2 radical (unpaired) electrons. The van der Waals surface area contributed by atoms with Crippen molar-refractivity contribution in [1.29, 1.82) is 1.43 Å². The van der Waals surface area contributed by atoms with Gasteiger partial charge < -0.3 is 15.2 Å². The van der Waals surface area contributed by atoms with Gasteiger partial charge >= 0.3 is 0 Å². The lowest BCUT2D eigenvalue weighted by atomic mass is 9.79. The van der Waals surface area contributed by atoms with E-state index in [2.05, 4.69) is 9.85 Å². The third-order valence-electron chi connectivity index (χ3n) is 2.97. The molecule has 164 valence electrons. The Hall–Kier alpha value is -0.280. The van der Waals surface area contributed by atoms with E-state index >= 15 is 0 Å². The van der Waals surface area contributed by atoms with Crippen molar-refractivity contribution >= 4 is 0 Å². The van der Waals surface area contributed by atoms with E-state index in [9.17, 15) is 10.4 Å². The van der Waals surface area contributed by atoms with E-state index in [-0.39, 0.29) is 0 Å². The highest BCUT2D eigenvalue weighted by Crippen LogP contribution is 2.38. The maximum atomic E-state index is 14.4. The van der Waals surface area contributed by atoms with Gasteiger partial charge in [0.1, 0.15) is 1.41 Å². The van der Waals surface area contributed by atoms with Crippen molar-refractivity contribution in [3.8, 4) is 0 Å². The van der Waals surface area contributed by atoms with Crippen LogP contribution in [0.15, 0.2) is 0 Å². The quantitative estimate of drug-likeness (QED) is 0.637. The zero-order valence-electron chi connectivity index (χ0n) is 53.6. The summed E-state index contributed by atoms with van der Waals surface area (Å²) in [6.07, 6.45) is -31.9. The van der Waals surface area contributed by atoms with Crippen molar-refractivity contribution in [3.05, 3.63) is 0 Å². The van der Waals surface area contributed by atoms with Crippen LogP contribution in [-0.4, -0.2) is 70.1 Å². The lowest BCUT2D eigenvalue weighted by molar-refractivity contribution is -0.301. The highest BCUT2D eigenvalue weighted by atomic mass is 16.5. The van der Waals surface area contributed by atoms with Crippen molar-refractivity contribution in [2.24, 2.45) is 0 Å². The molecule has 0 saturated carbocycles. The fraction of sp³-hybridized carbons (Fsp3) is 1.00. The maximum Gasteiger partial charge on any atom is 0.211 e. The summed E-state index contributed by atoms with van der Waals surface area (Å²) in [5.41, 5.74) is -21.8. The van der Waals surface area contributed by atoms with Gasteiger partial charge in [-0.25, -0.2) is 0 Å². The molecule has 0 aromatic carbocycles. The van der Waals surface area contributed by atoms with Crippen LogP contribution < -0.4 is 5.31 Å². The third kappa shape index (κ3) is 5.45. The monoisotopic (exact) mass is 440 g/mol. The van der Waals surface area contributed by atoms with Gasteiger partial charge in [0.2, 0.25) is 1.43 Å². The molecule has 0 aliphatic carbocycles. The molecule has 2 fully saturated rings. The number of hydrogen-bond acceptors (Lipinski definition) is 5. The van der Waals surface area contributed by atoms with Crippen LogP contribution in [0.4, 0.5) is 0 Å². The molecule has 0 spiro atoms. The molecule has 2 rings (SSSR count). The highest BCUT2D eigenvalue weighted by molar-refractivity contribution is 4.99. The highest BCUT2D eigenvalue weighted by Gasteiger charge is 2.47. The Morgan fingerprint density at radius 2 is 1.57 bits per heavy atom. The third-order valence-corrected chi connectivity index (χ3v) is 2.97. The number of aliphatic hydroxyl groups is 1. The van der Waals surface area contributed by atoms with E-state index in [1.807, 2.05) is 0 Å². The second kappa shape index (κ2) is 8.10. The number of piperidine rings is 2. The van der Waals surface area contributed by atoms with Crippen LogP contribution in [0.25, 0.3) is 0 Å². The number of rotatable bonds is 7. The Kier molecular flexibility index (Phi) is 1.21. The Balaban J connectivity index is 3.47. The summed E-state index contributed by atoms with van der Waals surface area (Å²) in [6, 6.07) is -5.64. The summed E-state index contributed by atoms with van der Waals surface area (Å²) in [5, 5.41) is 26.8. The Morgan fingerprint density at radius 1 is 1.11 bits per heavy atom. The zero-order valence-corrected chi connectivity index (χ0v) is 13.6. The van der Waals surface area contributed by atoms with E-state index in [0.29, 0.717) is 0 Å². The minimum atomic E-state index is -5.64. The van der Waals surface area contributed by atoms with Gasteiger partial charge in [-0.2, -0.15) is 0 Å². The number of aliphatic hydroxyl groups excluding tert-OH is 1. The first-order valence-electron chi connectivity index (χ1n) is 26.8. The smallest absolute Gasteiger partial charge is 0.211 e. The van der Waals surface area contributed by atoms with E-state index in [0.717, 1.165) is 0 Å². The molecule has 0 aromatic heterocycles. The number of nitrogens with zero attached hydrogens (tertiary/aromatic N) is 2. The van der Waals surface area contributed by atoms with Gasteiger partial charge in [-0.15, -0.1) is 20.5 Å². The fourth-order valence-corrected chi connectivity index (χ4v) is 1.81. The van der Waals surface area contributed by atoms with Crippen LogP contribution in [0, 0.1) is 0 Å². The van der Waals surface area contributed by atoms with E-state index in [4.69, 9.17) is 54.9 Å². The lowest BCUT2D eigenvalue weighted by Gasteiger charge is -2.50. The molecule has 2 heterocycles. The van der Waals surface area contributed by atoms with Crippen molar-refractivity contribution in [2.75, 3.05) is 13.1 Å². The number of hydroxylamine groups is 4. The summed E-state index contributed by atoms with van der Waals surface area (Å²) < 4.78 is 337. The average Bonchev–Trinajstić information content (AvgIpc) is 2.96. The van der Waals surface area contributed by atoms with Gasteiger partial charge in [-0.1, -0.05) is 0 Å². The predicted octanol–water partition coefficient (Wildman–Crippen LogP) is 2.69.